The van der Waals surface area contributed by atoms with E-state index in [0.29, 0.717) is 0 Å². The zero-order chi connectivity index (χ0) is 11.9. The van der Waals surface area contributed by atoms with Crippen LogP contribution in [0.3, 0.4) is 0 Å². The molecule has 1 aromatic rings. The van der Waals surface area contributed by atoms with E-state index in [-0.39, 0.29) is 0 Å². The van der Waals surface area contributed by atoms with Crippen molar-refractivity contribution >= 4 is 56.4 Å². The molecule has 7 heteroatoms. The van der Waals surface area contributed by atoms with Gasteiger partial charge in [-0.3, -0.25) is 0 Å². The molecule has 0 aliphatic heterocycles. The average Bonchev–Trinajstić information content (AvgIpc) is 2.45. The van der Waals surface area contributed by atoms with Crippen LogP contribution >= 0.6 is 56.4 Å². The molecule has 91 valence electrons. The van der Waals surface area contributed by atoms with Crippen molar-refractivity contribution in [1.82, 2.24) is 4.57 Å². The predicted octanol–water partition coefficient (Wildman–Crippen LogP) is 4.49. The average molecular weight is 514 g/mol. The fourth-order valence-electron chi connectivity index (χ4n) is 0.975. The van der Waals surface area contributed by atoms with E-state index in [1.165, 1.54) is 12.8 Å². The fraction of sp³-hybridized carbons (Fsp3) is 0.625. The standard InChI is InChI=1S/C8H15N2.4BrH.Mn/c1-3-4-5-10-7-6-9(2)8-10;;;;;/h6-8H,3-5H2,1-2H3;4*1H;/q+1;;;;;+4/p-4. The molecule has 0 aliphatic carbocycles. The normalized spacial score (nSPS) is 11.9. The SMILES string of the molecule is CCCCn1cc[n+](C)c1.[Br][Mn]([Br])([Br])[Br]. The molecular formula is C8H15Br4MnN2+. The summed E-state index contributed by atoms with van der Waals surface area (Å²) in [5.41, 5.74) is -1.38. The number of aromatic nitrogens is 2. The second-order valence-corrected chi connectivity index (χ2v) is 38.7. The Bertz CT molecular complexity index is 266. The van der Waals surface area contributed by atoms with Gasteiger partial charge in [-0.2, -0.15) is 0 Å². The molecular weight excluding hydrogens is 499 g/mol. The van der Waals surface area contributed by atoms with Gasteiger partial charge in [0.05, 0.1) is 13.6 Å². The molecule has 0 fully saturated rings. The topological polar surface area (TPSA) is 8.81 Å². The van der Waals surface area contributed by atoms with E-state index >= 15 is 0 Å². The fourth-order valence-corrected chi connectivity index (χ4v) is 0.975. The molecule has 15 heavy (non-hydrogen) atoms. The Morgan fingerprint density at radius 3 is 2.13 bits per heavy atom. The van der Waals surface area contributed by atoms with Crippen LogP contribution in [0.1, 0.15) is 19.8 Å². The quantitative estimate of drug-likeness (QED) is 0.416. The third kappa shape index (κ3) is 13.6. The molecule has 1 heterocycles. The summed E-state index contributed by atoms with van der Waals surface area (Å²) in [4.78, 5) is 0. The van der Waals surface area contributed by atoms with Gasteiger partial charge >= 0.3 is 62.1 Å². The van der Waals surface area contributed by atoms with E-state index in [4.69, 9.17) is 0 Å². The number of halogens is 4. The van der Waals surface area contributed by atoms with Crippen molar-refractivity contribution in [2.45, 2.75) is 26.3 Å². The molecule has 2 nitrogen and oxygen atoms in total. The third-order valence-electron chi connectivity index (χ3n) is 1.59. The van der Waals surface area contributed by atoms with Crippen molar-refractivity contribution in [2.24, 2.45) is 7.05 Å². The minimum absolute atomic E-state index is 1.15. The maximum absolute atomic E-state index is 3.27. The molecule has 0 bridgehead atoms. The van der Waals surface area contributed by atoms with Crippen LogP contribution in [0.5, 0.6) is 0 Å². The Morgan fingerprint density at radius 1 is 1.27 bits per heavy atom. The van der Waals surface area contributed by atoms with E-state index in [0.717, 1.165) is 6.54 Å². The zero-order valence-electron chi connectivity index (χ0n) is 8.64. The summed E-state index contributed by atoms with van der Waals surface area (Å²) < 4.78 is 4.28. The van der Waals surface area contributed by atoms with Crippen LogP contribution in [0, 0.1) is 0 Å². The Morgan fingerprint density at radius 2 is 1.80 bits per heavy atom. The van der Waals surface area contributed by atoms with Gasteiger partial charge in [-0.25, -0.2) is 9.13 Å². The molecule has 0 amide bonds. The molecule has 0 saturated heterocycles. The first-order valence-electron chi connectivity index (χ1n) is 4.41. The molecule has 0 saturated carbocycles. The van der Waals surface area contributed by atoms with Crippen molar-refractivity contribution in [3.8, 4) is 0 Å². The Labute approximate surface area is 122 Å². The summed E-state index contributed by atoms with van der Waals surface area (Å²) in [5.74, 6) is 0. The number of nitrogens with zero attached hydrogens (tertiary/aromatic N) is 2. The van der Waals surface area contributed by atoms with Crippen LogP contribution < -0.4 is 4.57 Å². The Balaban J connectivity index is 0.000000336. The van der Waals surface area contributed by atoms with Crippen molar-refractivity contribution in [3.63, 3.8) is 0 Å². The van der Waals surface area contributed by atoms with E-state index < -0.39 is 5.61 Å². The van der Waals surface area contributed by atoms with E-state index in [2.05, 4.69) is 91.2 Å². The number of unbranched alkanes of at least 4 members (excludes halogenated alkanes) is 1. The number of hydrogen-bond acceptors (Lipinski definition) is 0. The van der Waals surface area contributed by atoms with Gasteiger partial charge in [-0.1, -0.05) is 13.3 Å². The van der Waals surface area contributed by atoms with Crippen molar-refractivity contribution in [2.75, 3.05) is 0 Å². The molecule has 0 aromatic carbocycles. The van der Waals surface area contributed by atoms with Gasteiger partial charge < -0.3 is 0 Å². The van der Waals surface area contributed by atoms with E-state index in [1.807, 2.05) is 7.05 Å². The number of imidazole rings is 1. The van der Waals surface area contributed by atoms with Crippen LogP contribution in [-0.4, -0.2) is 4.57 Å². The zero-order valence-corrected chi connectivity index (χ0v) is 16.2. The first kappa shape index (κ1) is 16.6. The summed E-state index contributed by atoms with van der Waals surface area (Å²) in [6, 6.07) is 0. The van der Waals surface area contributed by atoms with E-state index in [1.54, 1.807) is 0 Å². The summed E-state index contributed by atoms with van der Waals surface area (Å²) in [5, 5.41) is 0. The van der Waals surface area contributed by atoms with Crippen LogP contribution in [-0.2, 0) is 19.2 Å². The molecule has 0 aliphatic rings. The summed E-state index contributed by atoms with van der Waals surface area (Å²) in [7, 11) is 2.04. The van der Waals surface area contributed by atoms with Gasteiger partial charge in [0.1, 0.15) is 12.4 Å². The van der Waals surface area contributed by atoms with Crippen LogP contribution in [0.2, 0.25) is 0 Å². The molecule has 0 unspecified atom stereocenters. The first-order valence-corrected chi connectivity index (χ1v) is 16.1. The minimum atomic E-state index is -1.38. The van der Waals surface area contributed by atoms with Crippen LogP contribution in [0.15, 0.2) is 18.7 Å². The summed E-state index contributed by atoms with van der Waals surface area (Å²) in [6.07, 6.45) is 8.82. The van der Waals surface area contributed by atoms with Crippen LogP contribution in [0.25, 0.3) is 0 Å². The maximum atomic E-state index is 3.27. The van der Waals surface area contributed by atoms with Crippen LogP contribution in [0.4, 0.5) is 0 Å². The van der Waals surface area contributed by atoms with Gasteiger partial charge in [0.15, 0.2) is 0 Å². The van der Waals surface area contributed by atoms with Crippen molar-refractivity contribution < 1.29 is 10.2 Å². The van der Waals surface area contributed by atoms with Gasteiger partial charge in [0.2, 0.25) is 6.33 Å². The monoisotopic (exact) mass is 510 g/mol. The summed E-state index contributed by atoms with van der Waals surface area (Å²) in [6.45, 7) is 3.36. The first-order chi connectivity index (χ1) is 6.83. The van der Waals surface area contributed by atoms with Gasteiger partial charge in [0.25, 0.3) is 0 Å². The van der Waals surface area contributed by atoms with Crippen molar-refractivity contribution in [1.29, 1.82) is 0 Å². The summed E-state index contributed by atoms with van der Waals surface area (Å²) >= 11 is 13.1. The number of rotatable bonds is 3. The molecule has 0 atom stereocenters. The van der Waals surface area contributed by atoms with Gasteiger partial charge in [0, 0.05) is 0 Å². The predicted molar refractivity (Wildman–Crippen MR) is 76.2 cm³/mol. The second kappa shape index (κ2) is 8.70. The Hall–Kier alpha value is 1.65. The number of hydrogen-bond donors (Lipinski definition) is 0. The Kier molecular flexibility index (Phi) is 9.65. The molecule has 0 spiro atoms. The number of aryl methyl sites for hydroxylation is 2. The molecule has 0 radical (unpaired) electrons. The van der Waals surface area contributed by atoms with Gasteiger partial charge in [-0.15, -0.1) is 0 Å². The third-order valence-corrected chi connectivity index (χ3v) is 1.59. The molecule has 1 aromatic heterocycles. The van der Waals surface area contributed by atoms with Crippen molar-refractivity contribution in [3.05, 3.63) is 18.7 Å². The van der Waals surface area contributed by atoms with E-state index in [9.17, 15) is 0 Å². The molecule has 1 rings (SSSR count). The molecule has 0 N–H and O–H groups in total. The second-order valence-electron chi connectivity index (χ2n) is 2.99. The van der Waals surface area contributed by atoms with Gasteiger partial charge in [-0.05, 0) is 6.42 Å².